The van der Waals surface area contributed by atoms with Crippen LogP contribution in [0.4, 0.5) is 0 Å². The number of carbonyl (C=O) groups is 1. The first kappa shape index (κ1) is 16.4. The maximum absolute atomic E-state index is 12.8. The van der Waals surface area contributed by atoms with Crippen LogP contribution < -0.4 is 0 Å². The third-order valence-corrected chi connectivity index (χ3v) is 5.59. The molecule has 0 aliphatic heterocycles. The van der Waals surface area contributed by atoms with Crippen molar-refractivity contribution in [1.82, 2.24) is 20.2 Å². The van der Waals surface area contributed by atoms with E-state index in [2.05, 4.69) is 44.1 Å². The third kappa shape index (κ3) is 3.10. The van der Waals surface area contributed by atoms with Gasteiger partial charge in [-0.3, -0.25) is 4.79 Å². The molecule has 0 saturated carbocycles. The minimum atomic E-state index is -0.484. The Bertz CT molecular complexity index is 950. The van der Waals surface area contributed by atoms with Crippen molar-refractivity contribution >= 4 is 28.4 Å². The van der Waals surface area contributed by atoms with Crippen LogP contribution in [0.1, 0.15) is 40.9 Å². The van der Waals surface area contributed by atoms with Crippen LogP contribution >= 0.6 is 22.6 Å². The van der Waals surface area contributed by atoms with Gasteiger partial charge in [0, 0.05) is 14.7 Å². The summed E-state index contributed by atoms with van der Waals surface area (Å²) in [7, 11) is 0. The van der Waals surface area contributed by atoms with Gasteiger partial charge in [-0.25, -0.2) is 0 Å². The standard InChI is InChI=1S/C19H17IN4O/c1-12(18(25)15-10-9-13-5-4-6-14(13)11-15)24-22-19(21-23-24)16-7-2-3-8-17(16)20/h2-3,7-12H,4-6H2,1H3/t12-/m0/s1. The SMILES string of the molecule is C[C@@H](C(=O)c1ccc2c(c1)CCC2)n1nnc(-c2ccccc2I)n1. The van der Waals surface area contributed by atoms with Crippen molar-refractivity contribution in [2.24, 2.45) is 0 Å². The number of Topliss-reactive ketones (excluding diaryl/α,β-unsaturated/α-hetero) is 1. The predicted octanol–water partition coefficient (Wildman–Crippen LogP) is 3.88. The molecule has 0 unspecified atom stereocenters. The lowest BCUT2D eigenvalue weighted by Gasteiger charge is -2.10. The third-order valence-electron chi connectivity index (χ3n) is 4.65. The van der Waals surface area contributed by atoms with Crippen molar-refractivity contribution in [3.63, 3.8) is 0 Å². The van der Waals surface area contributed by atoms with Crippen molar-refractivity contribution in [3.8, 4) is 11.4 Å². The van der Waals surface area contributed by atoms with E-state index in [1.807, 2.05) is 43.3 Å². The smallest absolute Gasteiger partial charge is 0.206 e. The van der Waals surface area contributed by atoms with Gasteiger partial charge in [-0.1, -0.05) is 24.3 Å². The van der Waals surface area contributed by atoms with E-state index in [1.165, 1.54) is 22.3 Å². The van der Waals surface area contributed by atoms with Gasteiger partial charge in [-0.05, 0) is 83.3 Å². The first-order valence-corrected chi connectivity index (χ1v) is 9.42. The lowest BCUT2D eigenvalue weighted by Crippen LogP contribution is -2.19. The highest BCUT2D eigenvalue weighted by Crippen LogP contribution is 2.25. The molecular weight excluding hydrogens is 427 g/mol. The number of aryl methyl sites for hydroxylation is 2. The van der Waals surface area contributed by atoms with E-state index >= 15 is 0 Å². The molecule has 126 valence electrons. The molecule has 1 aliphatic carbocycles. The van der Waals surface area contributed by atoms with Crippen molar-refractivity contribution < 1.29 is 4.79 Å². The van der Waals surface area contributed by atoms with E-state index in [4.69, 9.17) is 0 Å². The zero-order valence-corrected chi connectivity index (χ0v) is 16.0. The van der Waals surface area contributed by atoms with E-state index in [1.54, 1.807) is 0 Å². The first-order valence-electron chi connectivity index (χ1n) is 8.34. The van der Waals surface area contributed by atoms with Crippen LogP contribution in [0.25, 0.3) is 11.4 Å². The summed E-state index contributed by atoms with van der Waals surface area (Å²) in [5.74, 6) is 0.556. The summed E-state index contributed by atoms with van der Waals surface area (Å²) in [5, 5.41) is 12.7. The Kier molecular flexibility index (Phi) is 4.37. The number of fused-ring (bicyclic) bond motifs is 1. The van der Waals surface area contributed by atoms with E-state index in [-0.39, 0.29) is 5.78 Å². The molecule has 0 radical (unpaired) electrons. The summed E-state index contributed by atoms with van der Waals surface area (Å²) in [6.07, 6.45) is 3.35. The lowest BCUT2D eigenvalue weighted by atomic mass is 10.0. The summed E-state index contributed by atoms with van der Waals surface area (Å²) < 4.78 is 1.05. The second-order valence-electron chi connectivity index (χ2n) is 6.29. The number of rotatable bonds is 4. The molecule has 0 saturated heterocycles. The molecule has 0 bridgehead atoms. The largest absolute Gasteiger partial charge is 0.292 e. The van der Waals surface area contributed by atoms with Gasteiger partial charge in [0.2, 0.25) is 5.82 Å². The molecule has 25 heavy (non-hydrogen) atoms. The normalized spacial score (nSPS) is 14.3. The lowest BCUT2D eigenvalue weighted by molar-refractivity contribution is 0.0918. The number of nitrogens with zero attached hydrogens (tertiary/aromatic N) is 4. The Hall–Kier alpha value is -2.09. The van der Waals surface area contributed by atoms with Gasteiger partial charge in [0.25, 0.3) is 0 Å². The molecule has 1 heterocycles. The van der Waals surface area contributed by atoms with Crippen LogP contribution in [-0.4, -0.2) is 26.0 Å². The van der Waals surface area contributed by atoms with Gasteiger partial charge in [0.05, 0.1) is 0 Å². The number of hydrogen-bond donors (Lipinski definition) is 0. The number of benzene rings is 2. The molecule has 1 aromatic heterocycles. The summed E-state index contributed by atoms with van der Waals surface area (Å²) >= 11 is 2.25. The van der Waals surface area contributed by atoms with Crippen molar-refractivity contribution in [2.75, 3.05) is 0 Å². The monoisotopic (exact) mass is 444 g/mol. The van der Waals surface area contributed by atoms with Crippen LogP contribution in [0.5, 0.6) is 0 Å². The average molecular weight is 444 g/mol. The fourth-order valence-corrected chi connectivity index (χ4v) is 3.84. The second-order valence-corrected chi connectivity index (χ2v) is 7.45. The molecule has 0 fully saturated rings. The van der Waals surface area contributed by atoms with Crippen LogP contribution in [-0.2, 0) is 12.8 Å². The molecule has 2 aromatic carbocycles. The molecule has 0 N–H and O–H groups in total. The Morgan fingerprint density at radius 1 is 1.16 bits per heavy atom. The van der Waals surface area contributed by atoms with Gasteiger partial charge >= 0.3 is 0 Å². The Morgan fingerprint density at radius 3 is 2.80 bits per heavy atom. The van der Waals surface area contributed by atoms with Gasteiger partial charge < -0.3 is 0 Å². The summed E-state index contributed by atoms with van der Waals surface area (Å²) in [5.41, 5.74) is 4.31. The molecule has 0 amide bonds. The topological polar surface area (TPSA) is 60.7 Å². The molecule has 1 aliphatic rings. The molecule has 6 heteroatoms. The van der Waals surface area contributed by atoms with Crippen LogP contribution in [0.15, 0.2) is 42.5 Å². The fraction of sp³-hybridized carbons (Fsp3) is 0.263. The Labute approximate surface area is 159 Å². The van der Waals surface area contributed by atoms with E-state index in [9.17, 15) is 4.79 Å². The summed E-state index contributed by atoms with van der Waals surface area (Å²) in [6, 6.07) is 13.4. The molecule has 0 spiro atoms. The zero-order chi connectivity index (χ0) is 17.4. The second kappa shape index (κ2) is 6.67. The number of ketones is 1. The maximum Gasteiger partial charge on any atom is 0.206 e. The van der Waals surface area contributed by atoms with Gasteiger partial charge in [0.15, 0.2) is 5.78 Å². The molecule has 5 nitrogen and oxygen atoms in total. The number of halogens is 1. The number of hydrogen-bond acceptors (Lipinski definition) is 4. The average Bonchev–Trinajstić information content (AvgIpc) is 3.29. The van der Waals surface area contributed by atoms with E-state index < -0.39 is 6.04 Å². The van der Waals surface area contributed by atoms with Crippen LogP contribution in [0.3, 0.4) is 0 Å². The Balaban J connectivity index is 1.60. The van der Waals surface area contributed by atoms with E-state index in [0.717, 1.165) is 27.5 Å². The zero-order valence-electron chi connectivity index (χ0n) is 13.8. The van der Waals surface area contributed by atoms with Gasteiger partial charge in [0.1, 0.15) is 6.04 Å². The highest BCUT2D eigenvalue weighted by atomic mass is 127. The van der Waals surface area contributed by atoms with Crippen molar-refractivity contribution in [2.45, 2.75) is 32.2 Å². The molecule has 3 aromatic rings. The Morgan fingerprint density at radius 2 is 1.96 bits per heavy atom. The quantitative estimate of drug-likeness (QED) is 0.453. The molecule has 4 rings (SSSR count). The van der Waals surface area contributed by atoms with Crippen molar-refractivity contribution in [3.05, 3.63) is 62.7 Å². The minimum absolute atomic E-state index is 0.0152. The summed E-state index contributed by atoms with van der Waals surface area (Å²) in [4.78, 5) is 14.2. The number of carbonyl (C=O) groups excluding carboxylic acids is 1. The fourth-order valence-electron chi connectivity index (χ4n) is 3.21. The van der Waals surface area contributed by atoms with Gasteiger partial charge in [-0.2, -0.15) is 4.80 Å². The first-order chi connectivity index (χ1) is 12.1. The maximum atomic E-state index is 12.8. The number of tetrazole rings is 1. The van der Waals surface area contributed by atoms with Crippen molar-refractivity contribution in [1.29, 1.82) is 0 Å². The van der Waals surface area contributed by atoms with Crippen LogP contribution in [0.2, 0.25) is 0 Å². The van der Waals surface area contributed by atoms with Gasteiger partial charge in [-0.15, -0.1) is 10.2 Å². The minimum Gasteiger partial charge on any atom is -0.292 e. The highest BCUT2D eigenvalue weighted by molar-refractivity contribution is 14.1. The predicted molar refractivity (Wildman–Crippen MR) is 103 cm³/mol. The highest BCUT2D eigenvalue weighted by Gasteiger charge is 2.22. The molecular formula is C19H17IN4O. The van der Waals surface area contributed by atoms with Crippen LogP contribution in [0, 0.1) is 3.57 Å². The molecule has 1 atom stereocenters. The number of aromatic nitrogens is 4. The summed E-state index contributed by atoms with van der Waals surface area (Å²) in [6.45, 7) is 1.82. The van der Waals surface area contributed by atoms with E-state index in [0.29, 0.717) is 5.82 Å².